The van der Waals surface area contributed by atoms with Gasteiger partial charge in [-0.05, 0) is 51.4 Å². The molecule has 1 N–H and O–H groups in total. The molecule has 16 heavy (non-hydrogen) atoms. The summed E-state index contributed by atoms with van der Waals surface area (Å²) in [4.78, 5) is 2.81. The molecule has 0 radical (unpaired) electrons. The summed E-state index contributed by atoms with van der Waals surface area (Å²) in [6.45, 7) is 6.21. The third kappa shape index (κ3) is 1.70. The van der Waals surface area contributed by atoms with Crippen LogP contribution in [0.1, 0.15) is 58.8 Å². The Morgan fingerprint density at radius 1 is 1.19 bits per heavy atom. The molecule has 0 saturated carbocycles. The molecule has 92 valence electrons. The van der Waals surface area contributed by atoms with Crippen molar-refractivity contribution in [3.8, 4) is 0 Å². The Bertz CT molecular complexity index is 265. The molecule has 2 heteroatoms. The maximum atomic E-state index is 3.96. The fourth-order valence-corrected chi connectivity index (χ4v) is 4.50. The molecule has 3 aliphatic heterocycles. The molecule has 0 amide bonds. The Kier molecular flexibility index (Phi) is 2.75. The standard InChI is InChI=1S/C14H26N2/c1-11-9-13-6-7-14(10-11,15-13)16-8-4-3-5-12(16)2/h11-13,15H,3-10H2,1-2H3. The molecule has 3 aliphatic rings. The van der Waals surface area contributed by atoms with Crippen LogP contribution in [0.5, 0.6) is 0 Å². The van der Waals surface area contributed by atoms with Crippen LogP contribution in [0.4, 0.5) is 0 Å². The van der Waals surface area contributed by atoms with Gasteiger partial charge in [-0.15, -0.1) is 0 Å². The average Bonchev–Trinajstić information content (AvgIpc) is 2.56. The largest absolute Gasteiger partial charge is 0.296 e. The Morgan fingerprint density at radius 2 is 2.06 bits per heavy atom. The van der Waals surface area contributed by atoms with Crippen LogP contribution in [0.25, 0.3) is 0 Å². The molecule has 0 aliphatic carbocycles. The van der Waals surface area contributed by atoms with Gasteiger partial charge in [0.2, 0.25) is 0 Å². The van der Waals surface area contributed by atoms with Crippen molar-refractivity contribution in [1.29, 1.82) is 0 Å². The molecule has 0 aromatic carbocycles. The first-order valence-corrected chi connectivity index (χ1v) is 7.24. The first-order chi connectivity index (χ1) is 7.70. The van der Waals surface area contributed by atoms with Crippen molar-refractivity contribution in [1.82, 2.24) is 10.2 Å². The third-order valence-corrected chi connectivity index (χ3v) is 5.10. The van der Waals surface area contributed by atoms with Crippen molar-refractivity contribution in [2.75, 3.05) is 6.54 Å². The third-order valence-electron chi connectivity index (χ3n) is 5.10. The van der Waals surface area contributed by atoms with Crippen molar-refractivity contribution in [3.05, 3.63) is 0 Å². The summed E-state index contributed by atoms with van der Waals surface area (Å²) in [5, 5.41) is 3.96. The van der Waals surface area contributed by atoms with Crippen molar-refractivity contribution in [3.63, 3.8) is 0 Å². The SMILES string of the molecule is CC1CC2CCC(N3CCCCC3C)(C1)N2. The van der Waals surface area contributed by atoms with E-state index in [0.717, 1.165) is 18.0 Å². The first kappa shape index (κ1) is 11.0. The van der Waals surface area contributed by atoms with Gasteiger partial charge in [-0.3, -0.25) is 10.2 Å². The van der Waals surface area contributed by atoms with Crippen LogP contribution in [0.15, 0.2) is 0 Å². The monoisotopic (exact) mass is 222 g/mol. The van der Waals surface area contributed by atoms with Crippen molar-refractivity contribution in [2.24, 2.45) is 5.92 Å². The Hall–Kier alpha value is -0.0800. The summed E-state index contributed by atoms with van der Waals surface area (Å²) >= 11 is 0. The maximum Gasteiger partial charge on any atom is 0.0720 e. The predicted octanol–water partition coefficient (Wildman–Crippen LogP) is 2.74. The van der Waals surface area contributed by atoms with E-state index in [0.29, 0.717) is 5.66 Å². The molecule has 2 nitrogen and oxygen atoms in total. The van der Waals surface area contributed by atoms with Crippen LogP contribution >= 0.6 is 0 Å². The fourth-order valence-electron chi connectivity index (χ4n) is 4.50. The second kappa shape index (κ2) is 3.99. The zero-order valence-electron chi connectivity index (χ0n) is 10.8. The molecule has 0 aromatic rings. The Morgan fingerprint density at radius 3 is 2.88 bits per heavy atom. The molecule has 0 aromatic heterocycles. The van der Waals surface area contributed by atoms with Crippen LogP contribution in [0.3, 0.4) is 0 Å². The maximum absolute atomic E-state index is 3.96. The van der Waals surface area contributed by atoms with Crippen molar-refractivity contribution >= 4 is 0 Å². The van der Waals surface area contributed by atoms with E-state index in [1.54, 1.807) is 0 Å². The summed E-state index contributed by atoms with van der Waals surface area (Å²) in [7, 11) is 0. The van der Waals surface area contributed by atoms with Gasteiger partial charge < -0.3 is 0 Å². The molecule has 2 bridgehead atoms. The smallest absolute Gasteiger partial charge is 0.0720 e. The van der Waals surface area contributed by atoms with E-state index < -0.39 is 0 Å². The van der Waals surface area contributed by atoms with Gasteiger partial charge in [-0.1, -0.05) is 13.3 Å². The summed E-state index contributed by atoms with van der Waals surface area (Å²) in [5.74, 6) is 0.919. The summed E-state index contributed by atoms with van der Waals surface area (Å²) < 4.78 is 0. The average molecular weight is 222 g/mol. The minimum Gasteiger partial charge on any atom is -0.296 e. The van der Waals surface area contributed by atoms with Crippen molar-refractivity contribution in [2.45, 2.75) is 76.5 Å². The molecule has 3 rings (SSSR count). The number of hydrogen-bond donors (Lipinski definition) is 1. The lowest BCUT2D eigenvalue weighted by Gasteiger charge is -2.50. The van der Waals surface area contributed by atoms with Gasteiger partial charge in [0, 0.05) is 18.6 Å². The predicted molar refractivity (Wildman–Crippen MR) is 67.3 cm³/mol. The van der Waals surface area contributed by atoms with E-state index >= 15 is 0 Å². The van der Waals surface area contributed by atoms with Gasteiger partial charge in [-0.2, -0.15) is 0 Å². The van der Waals surface area contributed by atoms with E-state index in [4.69, 9.17) is 0 Å². The molecule has 4 atom stereocenters. The van der Waals surface area contributed by atoms with Gasteiger partial charge in [0.15, 0.2) is 0 Å². The normalized spacial score (nSPS) is 49.5. The number of rotatable bonds is 1. The lowest BCUT2D eigenvalue weighted by molar-refractivity contribution is -0.0191. The topological polar surface area (TPSA) is 15.3 Å². The number of fused-ring (bicyclic) bond motifs is 2. The van der Waals surface area contributed by atoms with Crippen LogP contribution in [-0.4, -0.2) is 29.2 Å². The molecule has 3 saturated heterocycles. The van der Waals surface area contributed by atoms with E-state index in [1.807, 2.05) is 0 Å². The number of nitrogens with zero attached hydrogens (tertiary/aromatic N) is 1. The van der Waals surface area contributed by atoms with Gasteiger partial charge in [0.25, 0.3) is 0 Å². The lowest BCUT2D eigenvalue weighted by Crippen LogP contribution is -2.63. The van der Waals surface area contributed by atoms with E-state index in [2.05, 4.69) is 24.1 Å². The minimum absolute atomic E-state index is 0.391. The Balaban J connectivity index is 1.81. The highest BCUT2D eigenvalue weighted by Gasteiger charge is 2.49. The van der Waals surface area contributed by atoms with Gasteiger partial charge in [0.1, 0.15) is 0 Å². The van der Waals surface area contributed by atoms with Crippen LogP contribution in [0.2, 0.25) is 0 Å². The minimum atomic E-state index is 0.391. The molecule has 0 spiro atoms. The van der Waals surface area contributed by atoms with Crippen molar-refractivity contribution < 1.29 is 0 Å². The van der Waals surface area contributed by atoms with Gasteiger partial charge in [-0.25, -0.2) is 0 Å². The second-order valence-corrected chi connectivity index (χ2v) is 6.49. The van der Waals surface area contributed by atoms with Gasteiger partial charge in [0.05, 0.1) is 5.66 Å². The van der Waals surface area contributed by atoms with Crippen LogP contribution < -0.4 is 5.32 Å². The highest BCUT2D eigenvalue weighted by Crippen LogP contribution is 2.42. The number of nitrogens with one attached hydrogen (secondary N) is 1. The lowest BCUT2D eigenvalue weighted by atomic mass is 9.86. The van der Waals surface area contributed by atoms with E-state index in [-0.39, 0.29) is 0 Å². The van der Waals surface area contributed by atoms with E-state index in [1.165, 1.54) is 51.5 Å². The Labute approximate surface area is 99.8 Å². The molecule has 3 heterocycles. The fraction of sp³-hybridized carbons (Fsp3) is 1.00. The van der Waals surface area contributed by atoms with Crippen LogP contribution in [-0.2, 0) is 0 Å². The summed E-state index contributed by atoms with van der Waals surface area (Å²) in [6, 6.07) is 1.61. The summed E-state index contributed by atoms with van der Waals surface area (Å²) in [5.41, 5.74) is 0.391. The number of hydrogen-bond acceptors (Lipinski definition) is 2. The zero-order chi connectivity index (χ0) is 11.2. The van der Waals surface area contributed by atoms with E-state index in [9.17, 15) is 0 Å². The molecular weight excluding hydrogens is 196 g/mol. The molecular formula is C14H26N2. The quantitative estimate of drug-likeness (QED) is 0.734. The number of piperidine rings is 2. The highest BCUT2D eigenvalue weighted by molar-refractivity contribution is 5.04. The zero-order valence-corrected chi connectivity index (χ0v) is 10.8. The number of likely N-dealkylation sites (tertiary alicyclic amines) is 1. The summed E-state index contributed by atoms with van der Waals surface area (Å²) in [6.07, 6.45) is 9.85. The van der Waals surface area contributed by atoms with Crippen LogP contribution in [0, 0.1) is 5.92 Å². The second-order valence-electron chi connectivity index (χ2n) is 6.49. The highest BCUT2D eigenvalue weighted by atomic mass is 15.4. The molecule has 4 unspecified atom stereocenters. The first-order valence-electron chi connectivity index (χ1n) is 7.24. The molecule has 3 fully saturated rings. The van der Waals surface area contributed by atoms with Gasteiger partial charge >= 0.3 is 0 Å².